The summed E-state index contributed by atoms with van der Waals surface area (Å²) in [5.74, 6) is 1.58. The highest BCUT2D eigenvalue weighted by atomic mass is 28.3. The number of carbonyl (C=O) groups excluding carboxylic acids is 2. The summed E-state index contributed by atoms with van der Waals surface area (Å²) in [6.07, 6.45) is 5.37. The number of carbonyl (C=O) groups is 2. The maximum atomic E-state index is 11.9. The van der Waals surface area contributed by atoms with E-state index in [4.69, 9.17) is 11.2 Å². The lowest BCUT2D eigenvalue weighted by atomic mass is 10.1. The van der Waals surface area contributed by atoms with Crippen molar-refractivity contribution in [1.82, 2.24) is 5.32 Å². The van der Waals surface area contributed by atoms with Crippen molar-refractivity contribution in [2.24, 2.45) is 5.92 Å². The Hall–Kier alpha value is -1.28. The smallest absolute Gasteiger partial charge is 0.329 e. The van der Waals surface area contributed by atoms with Crippen molar-refractivity contribution in [2.75, 3.05) is 6.61 Å². The lowest BCUT2D eigenvalue weighted by Gasteiger charge is -2.19. The second-order valence-electron chi connectivity index (χ2n) is 6.10. The van der Waals surface area contributed by atoms with Crippen LogP contribution in [0.15, 0.2) is 0 Å². The van der Waals surface area contributed by atoms with Crippen LogP contribution < -0.4 is 5.32 Å². The number of terminal acetylenes is 1. The Morgan fingerprint density at radius 3 is 2.32 bits per heavy atom. The molecule has 0 unspecified atom stereocenters. The van der Waals surface area contributed by atoms with Crippen LogP contribution in [0.1, 0.15) is 20.3 Å². The summed E-state index contributed by atoms with van der Waals surface area (Å²) < 4.78 is 5.20. The van der Waals surface area contributed by atoms with E-state index in [1.807, 2.05) is 0 Å². The van der Waals surface area contributed by atoms with Gasteiger partial charge in [0.2, 0.25) is 5.91 Å². The Morgan fingerprint density at radius 2 is 1.89 bits per heavy atom. The van der Waals surface area contributed by atoms with Crippen LogP contribution in [0.2, 0.25) is 25.7 Å². The molecule has 0 aromatic rings. The summed E-state index contributed by atoms with van der Waals surface area (Å²) in [5.41, 5.74) is 0. The van der Waals surface area contributed by atoms with Crippen molar-refractivity contribution < 1.29 is 14.3 Å². The van der Waals surface area contributed by atoms with E-state index in [-0.39, 0.29) is 18.2 Å². The molecule has 0 aromatic carbocycles. The van der Waals surface area contributed by atoms with Gasteiger partial charge in [-0.2, -0.15) is 0 Å². The van der Waals surface area contributed by atoms with Crippen LogP contribution in [0.4, 0.5) is 0 Å². The molecule has 5 heteroatoms. The molecule has 0 saturated heterocycles. The van der Waals surface area contributed by atoms with Crippen LogP contribution >= 0.6 is 0 Å². The van der Waals surface area contributed by atoms with Gasteiger partial charge in [-0.05, 0) is 6.04 Å². The van der Waals surface area contributed by atoms with Gasteiger partial charge in [0.1, 0.15) is 6.04 Å². The van der Waals surface area contributed by atoms with Crippen LogP contribution in [0, 0.1) is 18.3 Å². The summed E-state index contributed by atoms with van der Waals surface area (Å²) in [7, 11) is -1.23. The third-order valence-electron chi connectivity index (χ3n) is 2.54. The number of nitrogens with one attached hydrogen (secondary N) is 1. The minimum absolute atomic E-state index is 0.157. The molecule has 1 amide bonds. The molecule has 0 spiro atoms. The summed E-state index contributed by atoms with van der Waals surface area (Å²) in [6, 6.07) is 0.168. The Labute approximate surface area is 117 Å². The molecule has 0 aromatic heterocycles. The molecule has 0 aliphatic rings. The van der Waals surface area contributed by atoms with Crippen LogP contribution in [-0.4, -0.2) is 32.6 Å². The topological polar surface area (TPSA) is 55.4 Å². The monoisotopic (exact) mass is 283 g/mol. The Balaban J connectivity index is 4.35. The molecule has 0 saturated carbocycles. The van der Waals surface area contributed by atoms with E-state index in [1.54, 1.807) is 13.8 Å². The van der Waals surface area contributed by atoms with Crippen molar-refractivity contribution in [3.05, 3.63) is 0 Å². The molecule has 4 nitrogen and oxygen atoms in total. The van der Waals surface area contributed by atoms with Gasteiger partial charge in [0.05, 0.1) is 6.61 Å². The first-order chi connectivity index (χ1) is 8.67. The van der Waals surface area contributed by atoms with E-state index in [2.05, 4.69) is 30.9 Å². The van der Waals surface area contributed by atoms with Gasteiger partial charge in [0.25, 0.3) is 0 Å². The predicted molar refractivity (Wildman–Crippen MR) is 79.3 cm³/mol. The first-order valence-electron chi connectivity index (χ1n) is 6.58. The fourth-order valence-corrected chi connectivity index (χ4v) is 1.92. The quantitative estimate of drug-likeness (QED) is 0.442. The van der Waals surface area contributed by atoms with E-state index < -0.39 is 20.1 Å². The molecule has 0 aliphatic carbocycles. The maximum Gasteiger partial charge on any atom is 0.329 e. The van der Waals surface area contributed by atoms with E-state index >= 15 is 0 Å². The lowest BCUT2D eigenvalue weighted by Crippen LogP contribution is -2.43. The van der Waals surface area contributed by atoms with E-state index in [0.29, 0.717) is 6.61 Å². The van der Waals surface area contributed by atoms with E-state index in [9.17, 15) is 9.59 Å². The number of hydrogen-bond donors (Lipinski definition) is 1. The number of ether oxygens (including phenoxy) is 1. The molecule has 19 heavy (non-hydrogen) atoms. The van der Waals surface area contributed by atoms with Crippen molar-refractivity contribution in [3.63, 3.8) is 0 Å². The first kappa shape index (κ1) is 17.7. The number of esters is 1. The molecule has 1 atom stereocenters. The van der Waals surface area contributed by atoms with Crippen LogP contribution in [0.5, 0.6) is 0 Å². The van der Waals surface area contributed by atoms with Gasteiger partial charge < -0.3 is 10.1 Å². The SMILES string of the molecule is C#CC[C@@H](NC(=O)C(C)C)C(=O)OCC[Si](C)(C)C. The molecule has 0 heterocycles. The van der Waals surface area contributed by atoms with Gasteiger partial charge >= 0.3 is 5.97 Å². The molecular formula is C14H25NO3Si. The Bertz CT molecular complexity index is 353. The Kier molecular flexibility index (Phi) is 7.46. The third kappa shape index (κ3) is 8.44. The lowest BCUT2D eigenvalue weighted by molar-refractivity contribution is -0.147. The average molecular weight is 283 g/mol. The highest BCUT2D eigenvalue weighted by Gasteiger charge is 2.23. The molecule has 0 fully saturated rings. The first-order valence-corrected chi connectivity index (χ1v) is 10.3. The van der Waals surface area contributed by atoms with Gasteiger partial charge in [-0.1, -0.05) is 33.5 Å². The normalized spacial score (nSPS) is 12.7. The molecule has 1 N–H and O–H groups in total. The zero-order valence-electron chi connectivity index (χ0n) is 12.6. The fraction of sp³-hybridized carbons (Fsp3) is 0.714. The number of hydrogen-bond acceptors (Lipinski definition) is 3. The zero-order chi connectivity index (χ0) is 15.1. The Morgan fingerprint density at radius 1 is 1.32 bits per heavy atom. The number of rotatable bonds is 7. The standard InChI is InChI=1S/C14H25NO3Si/c1-7-8-12(15-13(16)11(2)3)14(17)18-9-10-19(4,5)6/h1,11-12H,8-10H2,2-6H3,(H,15,16)/t12-/m1/s1. The molecule has 0 bridgehead atoms. The minimum Gasteiger partial charge on any atom is -0.464 e. The van der Waals surface area contributed by atoms with Crippen LogP contribution in [0.25, 0.3) is 0 Å². The van der Waals surface area contributed by atoms with Gasteiger partial charge in [-0.3, -0.25) is 4.79 Å². The molecule has 0 rings (SSSR count). The van der Waals surface area contributed by atoms with E-state index in [1.165, 1.54) is 0 Å². The zero-order valence-corrected chi connectivity index (χ0v) is 13.6. The summed E-state index contributed by atoms with van der Waals surface area (Å²) in [5, 5.41) is 2.62. The molecule has 108 valence electrons. The summed E-state index contributed by atoms with van der Waals surface area (Å²) in [6.45, 7) is 10.5. The van der Waals surface area contributed by atoms with Gasteiger partial charge in [-0.15, -0.1) is 12.3 Å². The summed E-state index contributed by atoms with van der Waals surface area (Å²) in [4.78, 5) is 23.4. The second-order valence-corrected chi connectivity index (χ2v) is 11.7. The van der Waals surface area contributed by atoms with Crippen molar-refractivity contribution in [2.45, 2.75) is 52.0 Å². The maximum absolute atomic E-state index is 11.9. The fourth-order valence-electron chi connectivity index (χ4n) is 1.21. The molecule has 0 aliphatic heterocycles. The predicted octanol–water partition coefficient (Wildman–Crippen LogP) is 2.03. The van der Waals surface area contributed by atoms with Crippen LogP contribution in [0.3, 0.4) is 0 Å². The molecular weight excluding hydrogens is 258 g/mol. The van der Waals surface area contributed by atoms with Crippen molar-refractivity contribution in [3.8, 4) is 12.3 Å². The highest BCUT2D eigenvalue weighted by molar-refractivity contribution is 6.76. The van der Waals surface area contributed by atoms with Crippen molar-refractivity contribution >= 4 is 20.0 Å². The van der Waals surface area contributed by atoms with Gasteiger partial charge in [0, 0.05) is 20.4 Å². The number of amides is 1. The third-order valence-corrected chi connectivity index (χ3v) is 4.25. The average Bonchev–Trinajstić information content (AvgIpc) is 2.26. The molecule has 0 radical (unpaired) electrons. The van der Waals surface area contributed by atoms with Crippen LogP contribution in [-0.2, 0) is 14.3 Å². The highest BCUT2D eigenvalue weighted by Crippen LogP contribution is 2.08. The van der Waals surface area contributed by atoms with Gasteiger partial charge in [-0.25, -0.2) is 4.79 Å². The van der Waals surface area contributed by atoms with Gasteiger partial charge in [0.15, 0.2) is 0 Å². The van der Waals surface area contributed by atoms with E-state index in [0.717, 1.165) is 6.04 Å². The largest absolute Gasteiger partial charge is 0.464 e. The second kappa shape index (κ2) is 8.00. The minimum atomic E-state index is -1.23. The summed E-state index contributed by atoms with van der Waals surface area (Å²) >= 11 is 0. The van der Waals surface area contributed by atoms with Crippen molar-refractivity contribution in [1.29, 1.82) is 0 Å².